The molecule has 3 atom stereocenters. The van der Waals surface area contributed by atoms with Gasteiger partial charge in [0.2, 0.25) is 5.88 Å². The van der Waals surface area contributed by atoms with Gasteiger partial charge in [-0.05, 0) is 54.0 Å². The summed E-state index contributed by atoms with van der Waals surface area (Å²) >= 11 is 5.92. The Bertz CT molecular complexity index is 983. The van der Waals surface area contributed by atoms with Crippen LogP contribution < -0.4 is 15.0 Å². The second-order valence-corrected chi connectivity index (χ2v) is 9.40. The van der Waals surface area contributed by atoms with Gasteiger partial charge in [0.15, 0.2) is 0 Å². The summed E-state index contributed by atoms with van der Waals surface area (Å²) in [6, 6.07) is 10.9. The fraction of sp³-hybridized carbons (Fsp3) is 0.458. The van der Waals surface area contributed by atoms with Crippen LogP contribution in [0.3, 0.4) is 0 Å². The highest BCUT2D eigenvalue weighted by atomic mass is 35.5. The van der Waals surface area contributed by atoms with Crippen LogP contribution in [0.4, 0.5) is 5.82 Å². The summed E-state index contributed by atoms with van der Waals surface area (Å²) in [6.45, 7) is 6.40. The number of rotatable bonds is 9. The molecular weight excluding hydrogens is 430 g/mol. The number of amides is 1. The number of pyridine rings is 1. The van der Waals surface area contributed by atoms with Crippen LogP contribution in [0.1, 0.15) is 36.2 Å². The zero-order valence-electron chi connectivity index (χ0n) is 18.3. The molecule has 2 heterocycles. The third-order valence-electron chi connectivity index (χ3n) is 6.19. The molecule has 170 valence electrons. The van der Waals surface area contributed by atoms with Crippen molar-refractivity contribution in [1.82, 2.24) is 10.3 Å². The minimum atomic E-state index is -0.710. The highest BCUT2D eigenvalue weighted by Gasteiger charge is 2.60. The van der Waals surface area contributed by atoms with Crippen molar-refractivity contribution in [2.24, 2.45) is 23.7 Å². The minimum Gasteiger partial charge on any atom is -0.481 e. The van der Waals surface area contributed by atoms with E-state index in [1.807, 2.05) is 18.2 Å². The molecule has 1 saturated carbocycles. The van der Waals surface area contributed by atoms with Crippen LogP contribution in [-0.2, 0) is 11.3 Å². The molecule has 1 aliphatic heterocycles. The lowest BCUT2D eigenvalue weighted by Crippen LogP contribution is -2.28. The number of nitrogens with one attached hydrogen (secondary N) is 1. The number of piperidine rings is 1. The summed E-state index contributed by atoms with van der Waals surface area (Å²) in [5.41, 5.74) is 1.33. The Morgan fingerprint density at radius 2 is 1.88 bits per heavy atom. The first-order valence-corrected chi connectivity index (χ1v) is 11.4. The number of ether oxygens (including phenoxy) is 1. The molecule has 0 bridgehead atoms. The number of anilines is 1. The average molecular weight is 458 g/mol. The van der Waals surface area contributed by atoms with E-state index in [1.165, 1.54) is 0 Å². The maximum absolute atomic E-state index is 12.9. The number of benzene rings is 1. The largest absolute Gasteiger partial charge is 0.481 e. The van der Waals surface area contributed by atoms with Gasteiger partial charge in [-0.15, -0.1) is 0 Å². The van der Waals surface area contributed by atoms with Gasteiger partial charge >= 0.3 is 5.97 Å². The summed E-state index contributed by atoms with van der Waals surface area (Å²) < 4.78 is 5.92. The highest BCUT2D eigenvalue weighted by molar-refractivity contribution is 6.30. The minimum absolute atomic E-state index is 0.182. The Morgan fingerprint density at radius 1 is 1.19 bits per heavy atom. The standard InChI is InChI=1S/C24H28ClN3O4/c1-14(2)9-10-32-23-17(22(29)26-11-15-3-5-16(25)6-4-15)7-8-20(27-23)28-12-18-19(13-28)21(18)24(30)31/h3-8,14,18-19,21H,9-13H2,1-2H3,(H,26,29)(H,30,31)/t18-,19+,21?. The van der Waals surface area contributed by atoms with Gasteiger partial charge in [0.1, 0.15) is 11.4 Å². The highest BCUT2D eigenvalue weighted by Crippen LogP contribution is 2.52. The van der Waals surface area contributed by atoms with E-state index in [1.54, 1.807) is 18.2 Å². The Labute approximate surface area is 192 Å². The number of aliphatic carboxylic acids is 1. The molecule has 2 aromatic rings. The Hall–Kier alpha value is -2.80. The summed E-state index contributed by atoms with van der Waals surface area (Å²) in [6.07, 6.45) is 0.853. The van der Waals surface area contributed by atoms with Gasteiger partial charge in [0.25, 0.3) is 5.91 Å². The molecular formula is C24H28ClN3O4. The van der Waals surface area contributed by atoms with E-state index < -0.39 is 5.97 Å². The van der Waals surface area contributed by atoms with Gasteiger partial charge in [-0.3, -0.25) is 9.59 Å². The normalized spacial score (nSPS) is 21.4. The van der Waals surface area contributed by atoms with Gasteiger partial charge in [0, 0.05) is 24.7 Å². The molecule has 1 unspecified atom stereocenters. The van der Waals surface area contributed by atoms with Crippen molar-refractivity contribution >= 4 is 29.3 Å². The molecule has 0 radical (unpaired) electrons. The van der Waals surface area contributed by atoms with E-state index in [0.717, 1.165) is 17.8 Å². The predicted octanol–water partition coefficient (Wildman–Crippen LogP) is 3.86. The summed E-state index contributed by atoms with van der Waals surface area (Å²) in [5.74, 6) is 0.669. The molecule has 8 heteroatoms. The molecule has 1 aliphatic carbocycles. The number of hydrogen-bond acceptors (Lipinski definition) is 5. The van der Waals surface area contributed by atoms with Crippen LogP contribution >= 0.6 is 11.6 Å². The van der Waals surface area contributed by atoms with E-state index in [9.17, 15) is 14.7 Å². The number of carboxylic acid groups (broad SMARTS) is 1. The van der Waals surface area contributed by atoms with Crippen molar-refractivity contribution in [3.05, 3.63) is 52.5 Å². The molecule has 1 saturated heterocycles. The summed E-state index contributed by atoms with van der Waals surface area (Å²) in [7, 11) is 0. The topological polar surface area (TPSA) is 91.8 Å². The summed E-state index contributed by atoms with van der Waals surface area (Å²) in [5, 5.41) is 12.8. The van der Waals surface area contributed by atoms with E-state index in [-0.39, 0.29) is 23.7 Å². The van der Waals surface area contributed by atoms with Crippen molar-refractivity contribution in [3.8, 4) is 5.88 Å². The van der Waals surface area contributed by atoms with Gasteiger partial charge in [-0.25, -0.2) is 0 Å². The van der Waals surface area contributed by atoms with E-state index >= 15 is 0 Å². The zero-order chi connectivity index (χ0) is 22.8. The predicted molar refractivity (Wildman–Crippen MR) is 122 cm³/mol. The second-order valence-electron chi connectivity index (χ2n) is 8.96. The van der Waals surface area contributed by atoms with Crippen molar-refractivity contribution in [2.45, 2.75) is 26.8 Å². The van der Waals surface area contributed by atoms with Crippen LogP contribution in [0.15, 0.2) is 36.4 Å². The van der Waals surface area contributed by atoms with Gasteiger partial charge in [0.05, 0.1) is 12.5 Å². The molecule has 7 nitrogen and oxygen atoms in total. The maximum atomic E-state index is 12.9. The third-order valence-corrected chi connectivity index (χ3v) is 6.45. The number of aromatic nitrogens is 1. The zero-order valence-corrected chi connectivity index (χ0v) is 19.0. The quantitative estimate of drug-likeness (QED) is 0.594. The van der Waals surface area contributed by atoms with Gasteiger partial charge in [-0.2, -0.15) is 4.98 Å². The summed E-state index contributed by atoms with van der Waals surface area (Å²) in [4.78, 5) is 30.8. The van der Waals surface area contributed by atoms with Crippen LogP contribution in [0, 0.1) is 23.7 Å². The third kappa shape index (κ3) is 4.99. The van der Waals surface area contributed by atoms with Crippen LogP contribution in [0.25, 0.3) is 0 Å². The van der Waals surface area contributed by atoms with Gasteiger partial charge in [-0.1, -0.05) is 37.6 Å². The number of fused-ring (bicyclic) bond motifs is 1. The first-order chi connectivity index (χ1) is 15.3. The monoisotopic (exact) mass is 457 g/mol. The molecule has 4 rings (SSSR count). The van der Waals surface area contributed by atoms with E-state index in [2.05, 4.69) is 29.0 Å². The number of nitrogens with zero attached hydrogens (tertiary/aromatic N) is 2. The van der Waals surface area contributed by atoms with Gasteiger partial charge < -0.3 is 20.1 Å². The second kappa shape index (κ2) is 9.36. The SMILES string of the molecule is CC(C)CCOc1nc(N2C[C@@H]3C(C(=O)O)[C@@H]3C2)ccc1C(=O)NCc1ccc(Cl)cc1. The lowest BCUT2D eigenvalue weighted by molar-refractivity contribution is -0.139. The van der Waals surface area contributed by atoms with Crippen molar-refractivity contribution in [1.29, 1.82) is 0 Å². The molecule has 1 aromatic carbocycles. The average Bonchev–Trinajstić information content (AvgIpc) is 3.27. The smallest absolute Gasteiger partial charge is 0.307 e. The van der Waals surface area contributed by atoms with Crippen molar-refractivity contribution < 1.29 is 19.4 Å². The number of hydrogen-bond donors (Lipinski definition) is 2. The maximum Gasteiger partial charge on any atom is 0.307 e. The number of carbonyl (C=O) groups is 2. The van der Waals surface area contributed by atoms with Crippen LogP contribution in [0.2, 0.25) is 5.02 Å². The number of halogens is 1. The lowest BCUT2D eigenvalue weighted by Gasteiger charge is -2.22. The molecule has 1 aromatic heterocycles. The Kier molecular flexibility index (Phi) is 6.55. The molecule has 32 heavy (non-hydrogen) atoms. The Balaban J connectivity index is 1.46. The molecule has 2 fully saturated rings. The first kappa shape index (κ1) is 22.4. The van der Waals surface area contributed by atoms with Crippen LogP contribution in [-0.4, -0.2) is 41.7 Å². The fourth-order valence-electron chi connectivity index (χ4n) is 4.24. The Morgan fingerprint density at radius 3 is 2.50 bits per heavy atom. The lowest BCUT2D eigenvalue weighted by atomic mass is 10.1. The number of carbonyl (C=O) groups excluding carboxylic acids is 1. The van der Waals surface area contributed by atoms with E-state index in [4.69, 9.17) is 16.3 Å². The van der Waals surface area contributed by atoms with E-state index in [0.29, 0.717) is 48.6 Å². The van der Waals surface area contributed by atoms with Crippen LogP contribution in [0.5, 0.6) is 5.88 Å². The molecule has 1 amide bonds. The molecule has 2 aliphatic rings. The number of carboxylic acids is 1. The van der Waals surface area contributed by atoms with Crippen molar-refractivity contribution in [3.63, 3.8) is 0 Å². The van der Waals surface area contributed by atoms with Crippen molar-refractivity contribution in [2.75, 3.05) is 24.6 Å². The molecule has 0 spiro atoms. The first-order valence-electron chi connectivity index (χ1n) is 11.0. The fourth-order valence-corrected chi connectivity index (χ4v) is 4.37. The molecule has 2 N–H and O–H groups in total.